The van der Waals surface area contributed by atoms with E-state index in [1.807, 2.05) is 0 Å². The van der Waals surface area contributed by atoms with Crippen LogP contribution in [-0.2, 0) is 4.57 Å². The molecule has 16 heavy (non-hydrogen) atoms. The molecule has 0 atom stereocenters. The van der Waals surface area contributed by atoms with Gasteiger partial charge in [-0.05, 0) is 18.2 Å². The van der Waals surface area contributed by atoms with Crippen LogP contribution in [0.3, 0.4) is 0 Å². The second-order valence-corrected chi connectivity index (χ2v) is 3.87. The number of hydrogen-bond acceptors (Lipinski definition) is 5. The van der Waals surface area contributed by atoms with E-state index in [1.165, 1.54) is 5.48 Å². The van der Waals surface area contributed by atoms with Gasteiger partial charge in [0.15, 0.2) is 0 Å². The van der Waals surface area contributed by atoms with Crippen molar-refractivity contribution in [1.29, 1.82) is 0 Å². The zero-order valence-corrected chi connectivity index (χ0v) is 8.59. The summed E-state index contributed by atoms with van der Waals surface area (Å²) in [5.41, 5.74) is 0.883. The largest absolute Gasteiger partial charge is 0.524 e. The Hall–Kier alpha value is -1.60. The number of amides is 1. The number of phosphoric ester groups is 1. The van der Waals surface area contributed by atoms with Gasteiger partial charge in [-0.2, -0.15) is 0 Å². The van der Waals surface area contributed by atoms with E-state index in [2.05, 4.69) is 4.52 Å². The van der Waals surface area contributed by atoms with Gasteiger partial charge in [0.2, 0.25) is 0 Å². The first-order valence-electron chi connectivity index (χ1n) is 3.86. The summed E-state index contributed by atoms with van der Waals surface area (Å²) in [7, 11) is -4.74. The monoisotopic (exact) mass is 249 g/mol. The normalized spacial score (nSPS) is 10.9. The number of carbonyl (C=O) groups is 1. The maximum Gasteiger partial charge on any atom is 0.524 e. The molecule has 0 aliphatic carbocycles. The number of aromatic hydroxyl groups is 1. The van der Waals surface area contributed by atoms with E-state index in [-0.39, 0.29) is 11.3 Å². The molecule has 1 amide bonds. The van der Waals surface area contributed by atoms with E-state index < -0.39 is 19.5 Å². The summed E-state index contributed by atoms with van der Waals surface area (Å²) in [5.74, 6) is -1.82. The van der Waals surface area contributed by atoms with Gasteiger partial charge in [-0.15, -0.1) is 0 Å². The summed E-state index contributed by atoms with van der Waals surface area (Å²) in [6.45, 7) is 0. The predicted molar refractivity (Wildman–Crippen MR) is 50.0 cm³/mol. The molecule has 88 valence electrons. The number of hydroxylamine groups is 1. The highest BCUT2D eigenvalue weighted by Crippen LogP contribution is 2.38. The Kier molecular flexibility index (Phi) is 3.51. The lowest BCUT2D eigenvalue weighted by Crippen LogP contribution is -2.18. The first-order valence-corrected chi connectivity index (χ1v) is 5.39. The minimum atomic E-state index is -4.74. The van der Waals surface area contributed by atoms with Crippen LogP contribution < -0.4 is 10.0 Å². The summed E-state index contributed by atoms with van der Waals surface area (Å²) in [6.07, 6.45) is 0. The van der Waals surface area contributed by atoms with Crippen molar-refractivity contribution in [1.82, 2.24) is 5.48 Å². The second kappa shape index (κ2) is 4.50. The molecule has 0 unspecified atom stereocenters. The minimum Gasteiger partial charge on any atom is -0.507 e. The van der Waals surface area contributed by atoms with Crippen LogP contribution in [0.1, 0.15) is 10.4 Å². The van der Waals surface area contributed by atoms with Crippen LogP contribution in [0.4, 0.5) is 0 Å². The number of carbonyl (C=O) groups excluding carboxylic acids is 1. The summed E-state index contributed by atoms with van der Waals surface area (Å²) in [6, 6.07) is 2.93. The Morgan fingerprint density at radius 1 is 1.38 bits per heavy atom. The molecule has 0 fully saturated rings. The van der Waals surface area contributed by atoms with Crippen molar-refractivity contribution in [3.63, 3.8) is 0 Å². The highest BCUT2D eigenvalue weighted by atomic mass is 31.2. The van der Waals surface area contributed by atoms with Crippen molar-refractivity contribution < 1.29 is 34.0 Å². The lowest BCUT2D eigenvalue weighted by Gasteiger charge is -2.08. The van der Waals surface area contributed by atoms with Crippen molar-refractivity contribution in [2.75, 3.05) is 0 Å². The van der Waals surface area contributed by atoms with Crippen molar-refractivity contribution in [3.05, 3.63) is 23.8 Å². The van der Waals surface area contributed by atoms with Gasteiger partial charge in [-0.3, -0.25) is 19.8 Å². The third-order valence-electron chi connectivity index (χ3n) is 1.54. The molecule has 5 N–H and O–H groups in total. The molecule has 0 aliphatic heterocycles. The Labute approximate surface area is 89.3 Å². The molecule has 9 heteroatoms. The average Bonchev–Trinajstić information content (AvgIpc) is 2.18. The van der Waals surface area contributed by atoms with Gasteiger partial charge in [0.1, 0.15) is 11.5 Å². The fourth-order valence-electron chi connectivity index (χ4n) is 0.951. The summed E-state index contributed by atoms with van der Waals surface area (Å²) >= 11 is 0. The molecule has 0 spiro atoms. The zero-order valence-electron chi connectivity index (χ0n) is 7.69. The number of phenolic OH excluding ortho intramolecular Hbond substituents is 1. The third-order valence-corrected chi connectivity index (χ3v) is 1.99. The van der Waals surface area contributed by atoms with E-state index in [4.69, 9.17) is 15.0 Å². The fraction of sp³-hybridized carbons (Fsp3) is 0. The molecule has 0 heterocycles. The van der Waals surface area contributed by atoms with Crippen LogP contribution in [0, 0.1) is 0 Å². The van der Waals surface area contributed by atoms with Gasteiger partial charge in [0.25, 0.3) is 5.91 Å². The minimum absolute atomic E-state index is 0.315. The highest BCUT2D eigenvalue weighted by molar-refractivity contribution is 7.46. The first-order chi connectivity index (χ1) is 7.33. The lowest BCUT2D eigenvalue weighted by atomic mass is 10.2. The van der Waals surface area contributed by atoms with E-state index in [0.29, 0.717) is 0 Å². The number of hydrogen-bond donors (Lipinski definition) is 5. The molecule has 1 aromatic carbocycles. The molecule has 1 rings (SSSR count). The van der Waals surface area contributed by atoms with Crippen LogP contribution >= 0.6 is 7.82 Å². The predicted octanol–water partition coefficient (Wildman–Crippen LogP) is -0.0173. The second-order valence-electron chi connectivity index (χ2n) is 2.70. The van der Waals surface area contributed by atoms with Gasteiger partial charge in [0, 0.05) is 0 Å². The molecule has 0 saturated carbocycles. The zero-order chi connectivity index (χ0) is 12.3. The average molecular weight is 249 g/mol. The van der Waals surface area contributed by atoms with Crippen LogP contribution in [0.2, 0.25) is 0 Å². The Bertz CT molecular complexity index is 454. The van der Waals surface area contributed by atoms with Gasteiger partial charge < -0.3 is 9.63 Å². The molecule has 1 aromatic rings. The van der Waals surface area contributed by atoms with Crippen molar-refractivity contribution in [2.24, 2.45) is 0 Å². The quantitative estimate of drug-likeness (QED) is 0.288. The number of phenols is 1. The standard InChI is InChI=1S/C7H8NO7P/c9-6-2-1-4(15-16(12,13)14)3-5(6)7(10)8-11/h1-3,9,11H,(H,8,10)(H2,12,13,14). The van der Waals surface area contributed by atoms with Crippen molar-refractivity contribution >= 4 is 13.7 Å². The SMILES string of the molecule is O=C(NO)c1cc(OP(=O)(O)O)ccc1O. The Morgan fingerprint density at radius 2 is 2.00 bits per heavy atom. The number of nitrogens with one attached hydrogen (secondary N) is 1. The van der Waals surface area contributed by atoms with Gasteiger partial charge >= 0.3 is 7.82 Å². The molecule has 0 saturated heterocycles. The molecular weight excluding hydrogens is 241 g/mol. The number of benzene rings is 1. The summed E-state index contributed by atoms with van der Waals surface area (Å²) in [4.78, 5) is 28.0. The topological polar surface area (TPSA) is 136 Å². The number of rotatable bonds is 3. The fourth-order valence-corrected chi connectivity index (χ4v) is 1.34. The van der Waals surface area contributed by atoms with Gasteiger partial charge in [-0.1, -0.05) is 0 Å². The van der Waals surface area contributed by atoms with E-state index in [1.54, 1.807) is 0 Å². The van der Waals surface area contributed by atoms with E-state index in [0.717, 1.165) is 18.2 Å². The van der Waals surface area contributed by atoms with E-state index in [9.17, 15) is 14.5 Å². The van der Waals surface area contributed by atoms with Gasteiger partial charge in [0.05, 0.1) is 5.56 Å². The van der Waals surface area contributed by atoms with Gasteiger partial charge in [-0.25, -0.2) is 10.0 Å². The molecule has 8 nitrogen and oxygen atoms in total. The van der Waals surface area contributed by atoms with Crippen molar-refractivity contribution in [3.8, 4) is 11.5 Å². The molecule has 0 aromatic heterocycles. The molecule has 0 aliphatic rings. The first kappa shape index (κ1) is 12.5. The molecule has 0 bridgehead atoms. The Balaban J connectivity index is 3.08. The smallest absolute Gasteiger partial charge is 0.507 e. The highest BCUT2D eigenvalue weighted by Gasteiger charge is 2.18. The van der Waals surface area contributed by atoms with Crippen molar-refractivity contribution in [2.45, 2.75) is 0 Å². The number of phosphoric acid groups is 1. The summed E-state index contributed by atoms with van der Waals surface area (Å²) in [5, 5.41) is 17.5. The maximum absolute atomic E-state index is 11.0. The van der Waals surface area contributed by atoms with E-state index >= 15 is 0 Å². The Morgan fingerprint density at radius 3 is 2.50 bits per heavy atom. The van der Waals surface area contributed by atoms with Crippen LogP contribution in [-0.4, -0.2) is 26.0 Å². The van der Waals surface area contributed by atoms with Crippen LogP contribution in [0.25, 0.3) is 0 Å². The molecular formula is C7H8NO7P. The van der Waals surface area contributed by atoms with Crippen LogP contribution in [0.15, 0.2) is 18.2 Å². The maximum atomic E-state index is 11.0. The third kappa shape index (κ3) is 3.21. The molecule has 0 radical (unpaired) electrons. The van der Waals surface area contributed by atoms with Crippen LogP contribution in [0.5, 0.6) is 11.5 Å². The summed E-state index contributed by atoms with van der Waals surface area (Å²) < 4.78 is 14.7. The lowest BCUT2D eigenvalue weighted by molar-refractivity contribution is 0.0703.